The van der Waals surface area contributed by atoms with E-state index in [-0.39, 0.29) is 23.6 Å². The van der Waals surface area contributed by atoms with E-state index in [1.165, 1.54) is 9.87 Å². The van der Waals surface area contributed by atoms with Crippen LogP contribution in [0.2, 0.25) is 0 Å². The van der Waals surface area contributed by atoms with Crippen LogP contribution in [-0.4, -0.2) is 26.6 Å². The maximum atomic E-state index is 12.9. The van der Waals surface area contributed by atoms with Crippen molar-refractivity contribution in [1.29, 1.82) is 0 Å². The van der Waals surface area contributed by atoms with Gasteiger partial charge < -0.3 is 5.32 Å². The average Bonchev–Trinajstić information content (AvgIpc) is 3.05. The number of hydrogen-bond donors (Lipinski definition) is 1. The summed E-state index contributed by atoms with van der Waals surface area (Å²) in [5, 5.41) is 3.12. The van der Waals surface area contributed by atoms with Crippen LogP contribution in [0.15, 0.2) is 48.5 Å². The Labute approximate surface area is 167 Å². The molecular formula is C22H28N2O3S. The summed E-state index contributed by atoms with van der Waals surface area (Å²) in [7, 11) is -3.27. The van der Waals surface area contributed by atoms with Gasteiger partial charge in [0, 0.05) is 12.1 Å². The van der Waals surface area contributed by atoms with Gasteiger partial charge in [-0.05, 0) is 48.1 Å². The van der Waals surface area contributed by atoms with E-state index in [0.29, 0.717) is 24.2 Å². The Kier molecular flexibility index (Phi) is 6.08. The Bertz CT molecular complexity index is 937. The second-order valence-electron chi connectivity index (χ2n) is 7.58. The predicted molar refractivity (Wildman–Crippen MR) is 113 cm³/mol. The number of aryl methyl sites for hydroxylation is 1. The SMILES string of the molecule is CCc1ccc([C@H](NC(=O)c2cccc(N3CCCS3(=O)=O)c2)C(C)C)cc1. The van der Waals surface area contributed by atoms with Crippen LogP contribution in [0.3, 0.4) is 0 Å². The van der Waals surface area contributed by atoms with E-state index in [1.54, 1.807) is 24.3 Å². The highest BCUT2D eigenvalue weighted by molar-refractivity contribution is 7.93. The first-order chi connectivity index (χ1) is 13.3. The number of nitrogens with zero attached hydrogens (tertiary/aromatic N) is 1. The van der Waals surface area contributed by atoms with Crippen molar-refractivity contribution in [3.05, 3.63) is 65.2 Å². The summed E-state index contributed by atoms with van der Waals surface area (Å²) in [5.41, 5.74) is 3.35. The third kappa shape index (κ3) is 4.38. The van der Waals surface area contributed by atoms with Gasteiger partial charge >= 0.3 is 0 Å². The van der Waals surface area contributed by atoms with Crippen molar-refractivity contribution in [2.45, 2.75) is 39.7 Å². The van der Waals surface area contributed by atoms with Crippen LogP contribution >= 0.6 is 0 Å². The van der Waals surface area contributed by atoms with E-state index in [4.69, 9.17) is 0 Å². The zero-order chi connectivity index (χ0) is 20.3. The Hall–Kier alpha value is -2.34. The first-order valence-electron chi connectivity index (χ1n) is 9.82. The minimum atomic E-state index is -3.27. The monoisotopic (exact) mass is 400 g/mol. The molecular weight excluding hydrogens is 372 g/mol. The number of hydrogen-bond acceptors (Lipinski definition) is 3. The van der Waals surface area contributed by atoms with Gasteiger partial charge in [0.05, 0.1) is 17.5 Å². The Morgan fingerprint density at radius 2 is 1.86 bits per heavy atom. The Morgan fingerprint density at radius 1 is 1.14 bits per heavy atom. The fourth-order valence-corrected chi connectivity index (χ4v) is 5.11. The maximum absolute atomic E-state index is 12.9. The smallest absolute Gasteiger partial charge is 0.251 e. The lowest BCUT2D eigenvalue weighted by molar-refractivity contribution is 0.0925. The molecule has 2 aromatic rings. The van der Waals surface area contributed by atoms with Gasteiger partial charge in [0.2, 0.25) is 10.0 Å². The highest BCUT2D eigenvalue weighted by atomic mass is 32.2. The topological polar surface area (TPSA) is 66.5 Å². The van der Waals surface area contributed by atoms with Crippen molar-refractivity contribution in [3.63, 3.8) is 0 Å². The van der Waals surface area contributed by atoms with Crippen molar-refractivity contribution in [1.82, 2.24) is 5.32 Å². The van der Waals surface area contributed by atoms with Crippen LogP contribution in [0.5, 0.6) is 0 Å². The number of amides is 1. The number of rotatable bonds is 6. The average molecular weight is 401 g/mol. The van der Waals surface area contributed by atoms with Crippen LogP contribution in [-0.2, 0) is 16.4 Å². The number of carbonyl (C=O) groups excluding carboxylic acids is 1. The van der Waals surface area contributed by atoms with Gasteiger partial charge in [-0.1, -0.05) is 51.1 Å². The minimum absolute atomic E-state index is 0.113. The molecule has 1 N–H and O–H groups in total. The summed E-state index contributed by atoms with van der Waals surface area (Å²) in [6.07, 6.45) is 1.59. The van der Waals surface area contributed by atoms with Crippen LogP contribution in [0, 0.1) is 5.92 Å². The highest BCUT2D eigenvalue weighted by Gasteiger charge is 2.29. The molecule has 0 bridgehead atoms. The lowest BCUT2D eigenvalue weighted by Crippen LogP contribution is -2.32. The lowest BCUT2D eigenvalue weighted by Gasteiger charge is -2.24. The molecule has 1 saturated heterocycles. The zero-order valence-electron chi connectivity index (χ0n) is 16.7. The molecule has 1 aliphatic rings. The van der Waals surface area contributed by atoms with E-state index in [2.05, 4.69) is 50.4 Å². The summed E-state index contributed by atoms with van der Waals surface area (Å²) in [4.78, 5) is 12.9. The molecule has 150 valence electrons. The normalized spacial score (nSPS) is 16.9. The van der Waals surface area contributed by atoms with E-state index in [1.807, 2.05) is 0 Å². The van der Waals surface area contributed by atoms with Crippen molar-refractivity contribution >= 4 is 21.6 Å². The second-order valence-corrected chi connectivity index (χ2v) is 9.60. The van der Waals surface area contributed by atoms with Gasteiger partial charge in [0.25, 0.3) is 5.91 Å². The summed E-state index contributed by atoms with van der Waals surface area (Å²) < 4.78 is 25.7. The number of carbonyl (C=O) groups is 1. The zero-order valence-corrected chi connectivity index (χ0v) is 17.5. The van der Waals surface area contributed by atoms with Crippen molar-refractivity contribution in [2.24, 2.45) is 5.92 Å². The first-order valence-corrected chi connectivity index (χ1v) is 11.4. The molecule has 0 spiro atoms. The predicted octanol–water partition coefficient (Wildman–Crippen LogP) is 3.92. The highest BCUT2D eigenvalue weighted by Crippen LogP contribution is 2.26. The number of nitrogens with one attached hydrogen (secondary N) is 1. The third-order valence-electron chi connectivity index (χ3n) is 5.20. The van der Waals surface area contributed by atoms with Gasteiger partial charge in [-0.3, -0.25) is 9.10 Å². The molecule has 1 aliphatic heterocycles. The largest absolute Gasteiger partial charge is 0.345 e. The molecule has 1 atom stereocenters. The quantitative estimate of drug-likeness (QED) is 0.799. The van der Waals surface area contributed by atoms with Gasteiger partial charge in [-0.25, -0.2) is 8.42 Å². The standard InChI is InChI=1S/C22H28N2O3S/c1-4-17-9-11-18(12-10-17)21(16(2)3)23-22(25)19-7-5-8-20(15-19)24-13-6-14-28(24,26)27/h5,7-12,15-16,21H,4,6,13-14H2,1-3H3,(H,23,25)/t21-/m1/s1. The molecule has 1 heterocycles. The van der Waals surface area contributed by atoms with E-state index < -0.39 is 10.0 Å². The summed E-state index contributed by atoms with van der Waals surface area (Å²) in [6, 6.07) is 15.1. The fourth-order valence-electron chi connectivity index (χ4n) is 3.55. The first kappa shape index (κ1) is 20.4. The van der Waals surface area contributed by atoms with E-state index >= 15 is 0 Å². The Balaban J connectivity index is 1.81. The maximum Gasteiger partial charge on any atom is 0.251 e. The van der Waals surface area contributed by atoms with E-state index in [0.717, 1.165) is 12.0 Å². The molecule has 0 aromatic heterocycles. The third-order valence-corrected chi connectivity index (χ3v) is 7.07. The number of sulfonamides is 1. The Morgan fingerprint density at radius 3 is 2.43 bits per heavy atom. The van der Waals surface area contributed by atoms with Crippen LogP contribution in [0.4, 0.5) is 5.69 Å². The van der Waals surface area contributed by atoms with Gasteiger partial charge in [-0.2, -0.15) is 0 Å². The molecule has 6 heteroatoms. The van der Waals surface area contributed by atoms with Crippen LogP contribution in [0.1, 0.15) is 54.7 Å². The molecule has 0 aliphatic carbocycles. The molecule has 0 unspecified atom stereocenters. The lowest BCUT2D eigenvalue weighted by atomic mass is 9.94. The number of anilines is 1. The summed E-state index contributed by atoms with van der Waals surface area (Å²) >= 11 is 0. The molecule has 5 nitrogen and oxygen atoms in total. The molecule has 0 radical (unpaired) electrons. The number of benzene rings is 2. The van der Waals surface area contributed by atoms with Crippen LogP contribution in [0.25, 0.3) is 0 Å². The molecule has 0 saturated carbocycles. The van der Waals surface area contributed by atoms with Gasteiger partial charge in [-0.15, -0.1) is 0 Å². The fraction of sp³-hybridized carbons (Fsp3) is 0.409. The minimum Gasteiger partial charge on any atom is -0.345 e. The van der Waals surface area contributed by atoms with Crippen molar-refractivity contribution in [2.75, 3.05) is 16.6 Å². The van der Waals surface area contributed by atoms with Crippen molar-refractivity contribution < 1.29 is 13.2 Å². The summed E-state index contributed by atoms with van der Waals surface area (Å²) in [6.45, 7) is 6.73. The van der Waals surface area contributed by atoms with Crippen LogP contribution < -0.4 is 9.62 Å². The van der Waals surface area contributed by atoms with Gasteiger partial charge in [0.15, 0.2) is 0 Å². The summed E-state index contributed by atoms with van der Waals surface area (Å²) in [5.74, 6) is 0.183. The van der Waals surface area contributed by atoms with E-state index in [9.17, 15) is 13.2 Å². The molecule has 1 amide bonds. The van der Waals surface area contributed by atoms with Crippen molar-refractivity contribution in [3.8, 4) is 0 Å². The molecule has 28 heavy (non-hydrogen) atoms. The van der Waals surface area contributed by atoms with Gasteiger partial charge in [0.1, 0.15) is 0 Å². The second kappa shape index (κ2) is 8.35. The molecule has 2 aromatic carbocycles. The molecule has 3 rings (SSSR count). The molecule has 1 fully saturated rings.